The number of nitrogens with one attached hydrogen (secondary N) is 1. The fourth-order valence-electron chi connectivity index (χ4n) is 3.55. The van der Waals surface area contributed by atoms with Gasteiger partial charge in [0.15, 0.2) is 5.00 Å². The summed E-state index contributed by atoms with van der Waals surface area (Å²) in [4.78, 5) is -1.45. The van der Waals surface area contributed by atoms with E-state index in [1.54, 1.807) is 24.3 Å². The van der Waals surface area contributed by atoms with E-state index in [0.717, 1.165) is 11.8 Å². The molecule has 3 N–H and O–H groups in total. The van der Waals surface area contributed by atoms with Gasteiger partial charge in [-0.15, -0.1) is 6.92 Å². The predicted molar refractivity (Wildman–Crippen MR) is 130 cm³/mol. The van der Waals surface area contributed by atoms with E-state index in [1.807, 2.05) is 36.4 Å². The molecule has 0 saturated heterocycles. The summed E-state index contributed by atoms with van der Waals surface area (Å²) in [5.41, 5.74) is 12.0. The van der Waals surface area contributed by atoms with Crippen molar-refractivity contribution in [2.75, 3.05) is 6.26 Å². The second kappa shape index (κ2) is 11.2. The number of nitrogens with two attached hydrogens (primary N) is 1. The maximum Gasteiger partial charge on any atom is 1.00 e. The second-order valence-corrected chi connectivity index (χ2v) is 10.8. The normalized spacial score (nSPS) is 17.9. The van der Waals surface area contributed by atoms with E-state index >= 15 is 0 Å². The van der Waals surface area contributed by atoms with E-state index in [-0.39, 0.29) is 24.9 Å². The molecule has 0 bridgehead atoms. The molecule has 32 heavy (non-hydrogen) atoms. The van der Waals surface area contributed by atoms with Crippen LogP contribution >= 0.6 is 11.6 Å². The molecule has 0 aromatic heterocycles. The zero-order valence-electron chi connectivity index (χ0n) is 19.4. The minimum atomic E-state index is -3.54. The van der Waals surface area contributed by atoms with Crippen LogP contribution in [0, 0.1) is 11.5 Å². The molecule has 0 spiro atoms. The zero-order chi connectivity index (χ0) is 23.4. The predicted octanol–water partition coefficient (Wildman–Crippen LogP) is 5.44. The Morgan fingerprint density at radius 3 is 1.81 bits per heavy atom. The third-order valence-electron chi connectivity index (χ3n) is 5.68. The van der Waals surface area contributed by atoms with Gasteiger partial charge < -0.3 is 5.73 Å². The minimum absolute atomic E-state index is 0. The molecule has 1 aliphatic rings. The molecule has 0 aliphatic heterocycles. The molecule has 7 heteroatoms. The largest absolute Gasteiger partial charge is 1.00 e. The van der Waals surface area contributed by atoms with Crippen molar-refractivity contribution in [3.8, 4) is 0 Å². The van der Waals surface area contributed by atoms with Crippen LogP contribution in [0.1, 0.15) is 51.8 Å². The number of benzene rings is 2. The van der Waals surface area contributed by atoms with Gasteiger partial charge in [0.25, 0.3) is 0 Å². The zero-order valence-corrected chi connectivity index (χ0v) is 22.7. The van der Waals surface area contributed by atoms with Crippen molar-refractivity contribution < 1.29 is 27.9 Å². The summed E-state index contributed by atoms with van der Waals surface area (Å²) >= 11 is 6.62. The van der Waals surface area contributed by atoms with Crippen LogP contribution in [0.5, 0.6) is 0 Å². The van der Waals surface area contributed by atoms with Gasteiger partial charge in [-0.1, -0.05) is 105 Å². The standard InChI is InChI=1S/C15H17ClN2O2S.C10H15.Ru/c1-21(19,20)18-15(16,13-10-6-3-7-11-13)14(17)12-8-4-2-5-9-12;1-7-6-10(4,5)9(3)8(7)2;/h2-11,14,18H,17H2,1H3;1-5H3;/q;-1;+1/t14-,15-;;/m1../s1. The first-order valence-corrected chi connectivity index (χ1v) is 12.4. The van der Waals surface area contributed by atoms with Crippen LogP contribution in [0.15, 0.2) is 77.4 Å². The van der Waals surface area contributed by atoms with E-state index in [1.165, 1.54) is 16.7 Å². The molecular formula is C25H32ClN2O2RuS. The third-order valence-corrected chi connectivity index (χ3v) is 7.03. The van der Waals surface area contributed by atoms with Crippen LogP contribution in [0.25, 0.3) is 0 Å². The molecule has 0 heterocycles. The van der Waals surface area contributed by atoms with Crippen molar-refractivity contribution in [2.24, 2.45) is 11.1 Å². The summed E-state index contributed by atoms with van der Waals surface area (Å²) in [6, 6.07) is 17.3. The molecule has 1 radical (unpaired) electrons. The number of halogens is 1. The maximum absolute atomic E-state index is 11.7. The SMILES string of the molecule is CC1=[C-]C(C)(C)C(C)=C1C.CS(=O)(=O)N[C@](Cl)(c1ccccc1)[C@H](N)c1ccccc1.[Ru+]. The Bertz CT molecular complexity index is 1070. The summed E-state index contributed by atoms with van der Waals surface area (Å²) in [7, 11) is -3.54. The van der Waals surface area contributed by atoms with Crippen molar-refractivity contribution >= 4 is 21.6 Å². The number of allylic oxidation sites excluding steroid dienone is 4. The molecule has 0 amide bonds. The Balaban J connectivity index is 0.000000393. The van der Waals surface area contributed by atoms with Crippen molar-refractivity contribution in [1.82, 2.24) is 4.72 Å². The van der Waals surface area contributed by atoms with E-state index in [2.05, 4.69) is 45.4 Å². The summed E-state index contributed by atoms with van der Waals surface area (Å²) in [6.07, 6.45) is 4.50. The average Bonchev–Trinajstić information content (AvgIpc) is 2.89. The molecule has 175 valence electrons. The molecule has 0 unspecified atom stereocenters. The van der Waals surface area contributed by atoms with Gasteiger partial charge in [-0.3, -0.25) is 6.08 Å². The van der Waals surface area contributed by atoms with Gasteiger partial charge in [0.1, 0.15) is 0 Å². The third kappa shape index (κ3) is 7.10. The Hall–Kier alpha value is -1.30. The summed E-state index contributed by atoms with van der Waals surface area (Å²) < 4.78 is 25.9. The van der Waals surface area contributed by atoms with Gasteiger partial charge in [-0.05, 0) is 11.1 Å². The van der Waals surface area contributed by atoms with E-state index in [9.17, 15) is 8.42 Å². The quantitative estimate of drug-likeness (QED) is 0.221. The van der Waals surface area contributed by atoms with E-state index in [0.29, 0.717) is 5.56 Å². The molecule has 0 fully saturated rings. The molecule has 1 aliphatic carbocycles. The molecule has 3 rings (SSSR count). The Kier molecular flexibility index (Phi) is 10.1. The molecule has 2 atom stereocenters. The van der Waals surface area contributed by atoms with Crippen LogP contribution in [-0.2, 0) is 34.5 Å². The van der Waals surface area contributed by atoms with Crippen molar-refractivity contribution in [3.63, 3.8) is 0 Å². The Morgan fingerprint density at radius 1 is 1.00 bits per heavy atom. The van der Waals surface area contributed by atoms with Crippen molar-refractivity contribution in [2.45, 2.75) is 45.7 Å². The summed E-state index contributed by atoms with van der Waals surface area (Å²) in [6.45, 7) is 10.9. The molecule has 0 saturated carbocycles. The van der Waals surface area contributed by atoms with Crippen LogP contribution in [0.2, 0.25) is 0 Å². The van der Waals surface area contributed by atoms with Gasteiger partial charge in [-0.25, -0.2) is 14.0 Å². The number of hydrogen-bond acceptors (Lipinski definition) is 3. The molecule has 2 aromatic carbocycles. The first-order valence-electron chi connectivity index (χ1n) is 10.1. The first kappa shape index (κ1) is 28.7. The Labute approximate surface area is 211 Å². The number of sulfonamides is 1. The van der Waals surface area contributed by atoms with Gasteiger partial charge in [-0.2, -0.15) is 15.9 Å². The summed E-state index contributed by atoms with van der Waals surface area (Å²) in [5, 5.41) is 0. The van der Waals surface area contributed by atoms with Crippen LogP contribution in [0.3, 0.4) is 0 Å². The van der Waals surface area contributed by atoms with E-state index in [4.69, 9.17) is 17.3 Å². The van der Waals surface area contributed by atoms with Gasteiger partial charge in [0, 0.05) is 0 Å². The number of hydrogen-bond donors (Lipinski definition) is 2. The topological polar surface area (TPSA) is 72.2 Å². The fraction of sp³-hybridized carbons (Fsp3) is 0.360. The smallest absolute Gasteiger partial charge is 0.321 e. The van der Waals surface area contributed by atoms with Crippen molar-refractivity contribution in [3.05, 3.63) is 94.6 Å². The van der Waals surface area contributed by atoms with Crippen LogP contribution in [-0.4, -0.2) is 14.7 Å². The first-order chi connectivity index (χ1) is 14.3. The Morgan fingerprint density at radius 2 is 1.47 bits per heavy atom. The van der Waals surface area contributed by atoms with Crippen LogP contribution in [0.4, 0.5) is 0 Å². The number of alkyl halides is 1. The molecule has 2 aromatic rings. The van der Waals surface area contributed by atoms with E-state index < -0.39 is 21.1 Å². The van der Waals surface area contributed by atoms with Crippen LogP contribution < -0.4 is 10.5 Å². The molecule has 4 nitrogen and oxygen atoms in total. The average molecular weight is 561 g/mol. The van der Waals surface area contributed by atoms with Crippen molar-refractivity contribution in [1.29, 1.82) is 0 Å². The fourth-order valence-corrected chi connectivity index (χ4v) is 5.01. The monoisotopic (exact) mass is 561 g/mol. The minimum Gasteiger partial charge on any atom is -0.321 e. The number of rotatable bonds is 5. The molecular weight excluding hydrogens is 529 g/mol. The van der Waals surface area contributed by atoms with Gasteiger partial charge in [0.2, 0.25) is 10.0 Å². The maximum atomic E-state index is 11.7. The summed E-state index contributed by atoms with van der Waals surface area (Å²) in [5.74, 6) is 0. The van der Waals surface area contributed by atoms with Gasteiger partial charge >= 0.3 is 19.5 Å². The second-order valence-electron chi connectivity index (χ2n) is 8.47. The van der Waals surface area contributed by atoms with Gasteiger partial charge in [0.05, 0.1) is 12.3 Å².